The van der Waals surface area contributed by atoms with Gasteiger partial charge in [0.25, 0.3) is 0 Å². The summed E-state index contributed by atoms with van der Waals surface area (Å²) < 4.78 is 24.3. The third-order valence-corrected chi connectivity index (χ3v) is 5.68. The van der Waals surface area contributed by atoms with Crippen LogP contribution in [0.25, 0.3) is 0 Å². The van der Waals surface area contributed by atoms with E-state index in [1.165, 1.54) is 6.26 Å². The van der Waals surface area contributed by atoms with Gasteiger partial charge in [0.05, 0.1) is 10.2 Å². The Balaban J connectivity index is 2.44. The van der Waals surface area contributed by atoms with E-state index in [0.29, 0.717) is 17.6 Å². The van der Waals surface area contributed by atoms with E-state index in [9.17, 15) is 8.42 Å². The van der Waals surface area contributed by atoms with Crippen LogP contribution in [0.5, 0.6) is 0 Å². The van der Waals surface area contributed by atoms with E-state index < -0.39 is 15.1 Å². The fraction of sp³-hybridized carbons (Fsp3) is 0.692. The molecule has 1 unspecified atom stereocenters. The van der Waals surface area contributed by atoms with E-state index in [0.717, 1.165) is 36.0 Å². The molecule has 1 fully saturated rings. The molecular formula is C13H20BrN3O2S. The van der Waals surface area contributed by atoms with Crippen molar-refractivity contribution in [3.05, 3.63) is 16.0 Å². The smallest absolute Gasteiger partial charge is 0.157 e. The fourth-order valence-corrected chi connectivity index (χ4v) is 2.97. The zero-order valence-corrected chi connectivity index (χ0v) is 14.4. The molecule has 2 rings (SSSR count). The number of rotatable bonds is 6. The minimum atomic E-state index is -3.20. The van der Waals surface area contributed by atoms with Crippen LogP contribution in [0.1, 0.15) is 55.8 Å². The number of anilines is 1. The number of hydrogen-bond donors (Lipinski definition) is 1. The van der Waals surface area contributed by atoms with Crippen LogP contribution in [-0.4, -0.2) is 31.2 Å². The molecule has 0 amide bonds. The van der Waals surface area contributed by atoms with Gasteiger partial charge in [-0.3, -0.25) is 0 Å². The Labute approximate surface area is 128 Å². The highest BCUT2D eigenvalue weighted by atomic mass is 79.9. The lowest BCUT2D eigenvalue weighted by molar-refractivity contribution is 0.588. The molecule has 1 aromatic rings. The van der Waals surface area contributed by atoms with Crippen molar-refractivity contribution in [2.24, 2.45) is 0 Å². The third kappa shape index (κ3) is 3.49. The van der Waals surface area contributed by atoms with E-state index in [2.05, 4.69) is 38.1 Å². The summed E-state index contributed by atoms with van der Waals surface area (Å²) in [7, 11) is -3.20. The maximum Gasteiger partial charge on any atom is 0.157 e. The molecule has 0 bridgehead atoms. The van der Waals surface area contributed by atoms with Crippen molar-refractivity contribution in [2.45, 2.75) is 44.3 Å². The standard InChI is InChI=1S/C13H20BrN3O2S/c1-4-7-15-13-10(14)11(9-5-6-9)16-12(17-13)8(2)20(3,18)19/h8-9H,4-7H2,1-3H3,(H,15,16,17). The highest BCUT2D eigenvalue weighted by Gasteiger charge is 2.31. The van der Waals surface area contributed by atoms with E-state index in [1.807, 2.05) is 0 Å². The van der Waals surface area contributed by atoms with Gasteiger partial charge in [-0.05, 0) is 42.1 Å². The molecule has 0 spiro atoms. The summed E-state index contributed by atoms with van der Waals surface area (Å²) in [6, 6.07) is 0. The van der Waals surface area contributed by atoms with Gasteiger partial charge in [0.1, 0.15) is 16.9 Å². The van der Waals surface area contributed by atoms with Crippen molar-refractivity contribution in [1.82, 2.24) is 9.97 Å². The van der Waals surface area contributed by atoms with Crippen LogP contribution >= 0.6 is 15.9 Å². The minimum Gasteiger partial charge on any atom is -0.369 e. The van der Waals surface area contributed by atoms with Gasteiger partial charge in [-0.15, -0.1) is 0 Å². The molecule has 20 heavy (non-hydrogen) atoms. The Hall–Kier alpha value is -0.690. The second-order valence-corrected chi connectivity index (χ2v) is 8.46. The summed E-state index contributed by atoms with van der Waals surface area (Å²) in [5.41, 5.74) is 0.934. The number of nitrogens with one attached hydrogen (secondary N) is 1. The number of aromatic nitrogens is 2. The first-order valence-corrected chi connectivity index (χ1v) is 9.59. The summed E-state index contributed by atoms with van der Waals surface area (Å²) in [4.78, 5) is 8.89. The molecule has 1 atom stereocenters. The quantitative estimate of drug-likeness (QED) is 0.842. The maximum absolute atomic E-state index is 11.7. The molecule has 1 aliphatic carbocycles. The predicted molar refractivity (Wildman–Crippen MR) is 83.7 cm³/mol. The SMILES string of the molecule is CCCNc1nc(C(C)S(C)(=O)=O)nc(C2CC2)c1Br. The van der Waals surface area contributed by atoms with Crippen LogP contribution in [0.3, 0.4) is 0 Å². The molecule has 0 aliphatic heterocycles. The van der Waals surface area contributed by atoms with Gasteiger partial charge < -0.3 is 5.32 Å². The Morgan fingerprint density at radius 3 is 2.55 bits per heavy atom. The second kappa shape index (κ2) is 5.97. The summed E-state index contributed by atoms with van der Waals surface area (Å²) in [6.45, 7) is 4.51. The average Bonchev–Trinajstić information content (AvgIpc) is 3.20. The molecule has 1 N–H and O–H groups in total. The summed E-state index contributed by atoms with van der Waals surface area (Å²) >= 11 is 3.55. The molecular weight excluding hydrogens is 342 g/mol. The molecule has 7 heteroatoms. The average molecular weight is 362 g/mol. The van der Waals surface area contributed by atoms with Gasteiger partial charge in [-0.25, -0.2) is 18.4 Å². The largest absolute Gasteiger partial charge is 0.369 e. The summed E-state index contributed by atoms with van der Waals surface area (Å²) in [5.74, 6) is 1.52. The summed E-state index contributed by atoms with van der Waals surface area (Å²) in [6.07, 6.45) is 4.41. The van der Waals surface area contributed by atoms with Crippen LogP contribution in [0.4, 0.5) is 5.82 Å². The normalized spacial score (nSPS) is 17.0. The van der Waals surface area contributed by atoms with Crippen LogP contribution in [-0.2, 0) is 9.84 Å². The third-order valence-electron chi connectivity index (χ3n) is 3.41. The summed E-state index contributed by atoms with van der Waals surface area (Å²) in [5, 5.41) is 2.55. The lowest BCUT2D eigenvalue weighted by atomic mass is 10.2. The van der Waals surface area contributed by atoms with Gasteiger partial charge in [-0.2, -0.15) is 0 Å². The van der Waals surface area contributed by atoms with Crippen LogP contribution in [0.2, 0.25) is 0 Å². The first-order chi connectivity index (χ1) is 9.34. The van der Waals surface area contributed by atoms with Crippen molar-refractivity contribution in [3.63, 3.8) is 0 Å². The van der Waals surface area contributed by atoms with Crippen molar-refractivity contribution in [2.75, 3.05) is 18.1 Å². The second-order valence-electron chi connectivity index (χ2n) is 5.30. The van der Waals surface area contributed by atoms with Crippen molar-refractivity contribution in [3.8, 4) is 0 Å². The van der Waals surface area contributed by atoms with Crippen molar-refractivity contribution in [1.29, 1.82) is 0 Å². The van der Waals surface area contributed by atoms with Gasteiger partial charge >= 0.3 is 0 Å². The Morgan fingerprint density at radius 2 is 2.05 bits per heavy atom. The van der Waals surface area contributed by atoms with Gasteiger partial charge in [0, 0.05) is 18.7 Å². The predicted octanol–water partition coefficient (Wildman–Crippen LogP) is 3.04. The van der Waals surface area contributed by atoms with Gasteiger partial charge in [0.2, 0.25) is 0 Å². The first-order valence-electron chi connectivity index (χ1n) is 6.84. The van der Waals surface area contributed by atoms with Gasteiger partial charge in [0.15, 0.2) is 9.84 Å². The van der Waals surface area contributed by atoms with Crippen molar-refractivity contribution >= 4 is 31.6 Å². The van der Waals surface area contributed by atoms with Crippen LogP contribution in [0.15, 0.2) is 4.47 Å². The highest BCUT2D eigenvalue weighted by molar-refractivity contribution is 9.10. The number of sulfone groups is 1. The molecule has 1 saturated carbocycles. The molecule has 1 heterocycles. The molecule has 0 saturated heterocycles. The topological polar surface area (TPSA) is 72.0 Å². The van der Waals surface area contributed by atoms with Crippen LogP contribution < -0.4 is 5.32 Å². The number of nitrogens with zero attached hydrogens (tertiary/aromatic N) is 2. The number of hydrogen-bond acceptors (Lipinski definition) is 5. The Bertz CT molecular complexity index is 600. The molecule has 0 aromatic carbocycles. The van der Waals surface area contributed by atoms with Crippen molar-refractivity contribution < 1.29 is 8.42 Å². The van der Waals surface area contributed by atoms with E-state index in [1.54, 1.807) is 6.92 Å². The van der Waals surface area contributed by atoms with E-state index in [4.69, 9.17) is 0 Å². The lowest BCUT2D eigenvalue weighted by Gasteiger charge is -2.15. The van der Waals surface area contributed by atoms with E-state index in [-0.39, 0.29) is 0 Å². The van der Waals surface area contributed by atoms with Gasteiger partial charge in [-0.1, -0.05) is 6.92 Å². The maximum atomic E-state index is 11.7. The first kappa shape index (κ1) is 15.7. The highest BCUT2D eigenvalue weighted by Crippen LogP contribution is 2.44. The molecule has 1 aliphatic rings. The molecule has 1 aromatic heterocycles. The minimum absolute atomic E-state index is 0.385. The zero-order valence-electron chi connectivity index (χ0n) is 12.0. The Kier molecular flexibility index (Phi) is 4.69. The van der Waals surface area contributed by atoms with Crippen LogP contribution in [0, 0.1) is 0 Å². The zero-order chi connectivity index (χ0) is 14.9. The fourth-order valence-electron chi connectivity index (χ4n) is 1.84. The monoisotopic (exact) mass is 361 g/mol. The molecule has 0 radical (unpaired) electrons. The lowest BCUT2D eigenvalue weighted by Crippen LogP contribution is -2.15. The molecule has 112 valence electrons. The molecule has 5 nitrogen and oxygen atoms in total. The Morgan fingerprint density at radius 1 is 1.40 bits per heavy atom. The van der Waals surface area contributed by atoms with E-state index >= 15 is 0 Å². The number of halogens is 1.